The zero-order valence-corrected chi connectivity index (χ0v) is 81.7. The first-order valence-corrected chi connectivity index (χ1v) is 49.7. The molecule has 744 valence electrons. The molecule has 0 radical (unpaired) electrons. The molecule has 0 aromatic heterocycles. The lowest BCUT2D eigenvalue weighted by atomic mass is 9.49. The fourth-order valence-electron chi connectivity index (χ4n) is 21.1. The Balaban J connectivity index is 0.740. The second kappa shape index (κ2) is 55.1. The zero-order valence-electron chi connectivity index (χ0n) is 81.7. The zero-order chi connectivity index (χ0) is 95.8. The van der Waals surface area contributed by atoms with Gasteiger partial charge in [-0.3, -0.25) is 48.5 Å². The quantitative estimate of drug-likeness (QED) is 0.0128. The number of likely N-dealkylation sites (N-methyl/N-ethyl adjacent to an activating group) is 1. The van der Waals surface area contributed by atoms with Gasteiger partial charge in [0.15, 0.2) is 0 Å². The first-order valence-electron chi connectivity index (χ1n) is 49.7. The first-order chi connectivity index (χ1) is 63.8. The number of aryl methyl sites for hydroxylation is 3. The Morgan fingerprint density at radius 3 is 1.58 bits per heavy atom. The summed E-state index contributed by atoms with van der Waals surface area (Å²) >= 11 is 0. The standard InChI is InChI=1S/C101H161N13O19/c1-70(2)91(94(121)111-82(27-20-46-108-97(103)124)92(119)109-74-34-31-73-33-37-85-99(5,79(73)68-74)42-22-44-101(85,7)96(123)113-95(122)100(6)43-21-41-98(4)78-67-71(3)29-30-72(78)32-36-84(98)100)112-93(120)81(110-88(117)40-52-126-56-60-130-64-66-132-62-58-128-54-49-107-86(115)38-35-77-75-23-14-11-12-15-24-76(75)77)26-18-19-45-105-89(118)69-133-83-28-17-13-16-25-80(90(83)102)104-48-53-127-57-61-131-65-63-129-59-55-125-51-39-87(116)106-47-50-114(8,9)10/h29-31,34,67-68,70,75-77,81-85,91,104H,13-28,32-33,35-66,69,102H2,1-10H3,(H10-,103,105,106,107,108,109,110,111,112,113,115,116,117,118,119,120,121,122,123,124)/p+1/t75-,76+,77?,81-,82+,83?,84-,85-,91+,98-,99-,100+,101+/m1/s1. The molecule has 0 spiro atoms. The van der Waals surface area contributed by atoms with Crippen molar-refractivity contribution in [3.8, 4) is 11.8 Å². The molecule has 133 heavy (non-hydrogen) atoms. The van der Waals surface area contributed by atoms with E-state index in [-0.39, 0.29) is 112 Å². The fourth-order valence-corrected chi connectivity index (χ4v) is 21.1. The average Bonchev–Trinajstić information content (AvgIpc) is 1.39. The van der Waals surface area contributed by atoms with Crippen LogP contribution in [0.2, 0.25) is 0 Å². The van der Waals surface area contributed by atoms with Gasteiger partial charge < -0.3 is 106 Å². The van der Waals surface area contributed by atoms with Crippen LogP contribution in [0.1, 0.15) is 236 Å². The van der Waals surface area contributed by atoms with E-state index in [2.05, 4.69) is 132 Å². The van der Waals surface area contributed by atoms with E-state index in [9.17, 15) is 43.2 Å². The molecule has 32 heteroatoms. The molecule has 0 heterocycles. The number of amides is 11. The Bertz CT molecular complexity index is 4170. The SMILES string of the molecule is Cc1ccc2c(c1)[C@@]1(C)CCC[C@](C)(C(=O)NC(=O)[C@@]3(C)CCC[C@]4(C)c5cc(NC(=O)[C@H](CCCNC(N)=O)NC(=O)[C@@H](NC(=O)[C@@H](CCCCNC(=O)COC6CCCCCC(NCCOCCOCCOCCOCCC(=O)NCC[N+](C)(C)C)=C6N)NC(=O)CCOCCOCCOCCOCCNC(=O)CCC6[C@H]7CCC#CCC[C@@H]67)C(C)C)ccc5CC[C@@H]34)[C@@H]1CC2. The topological polar surface area (TPSA) is 426 Å². The number of nitrogens with two attached hydrogens (primary N) is 2. The van der Waals surface area contributed by atoms with Gasteiger partial charge >= 0.3 is 6.03 Å². The maximum Gasteiger partial charge on any atom is 0.312 e. The van der Waals surface area contributed by atoms with Crippen LogP contribution in [0.5, 0.6) is 0 Å². The Morgan fingerprint density at radius 2 is 1.00 bits per heavy atom. The molecular formula is C101H162N13O19+. The minimum Gasteiger partial charge on any atom is -0.399 e. The Labute approximate surface area is 790 Å². The van der Waals surface area contributed by atoms with Crippen LogP contribution in [-0.4, -0.2) is 261 Å². The lowest BCUT2D eigenvalue weighted by molar-refractivity contribution is -0.869. The molecule has 11 amide bonds. The molecule has 32 nitrogen and oxygen atoms in total. The lowest BCUT2D eigenvalue weighted by Crippen LogP contribution is -2.60. The van der Waals surface area contributed by atoms with Gasteiger partial charge in [0, 0.05) is 69.7 Å². The molecular weight excluding hydrogens is 1700 g/mol. The Morgan fingerprint density at radius 1 is 0.489 bits per heavy atom. The van der Waals surface area contributed by atoms with E-state index in [4.69, 9.17) is 54.1 Å². The number of fused-ring (bicyclic) bond motifs is 7. The van der Waals surface area contributed by atoms with E-state index in [1.807, 2.05) is 25.1 Å². The van der Waals surface area contributed by atoms with Crippen molar-refractivity contribution in [3.05, 3.63) is 75.6 Å². The van der Waals surface area contributed by atoms with E-state index in [0.717, 1.165) is 142 Å². The number of allylic oxidation sites excluding steroid dienone is 1. The minimum atomic E-state index is -1.21. The number of primary amides is 1. The number of imide groups is 1. The van der Waals surface area contributed by atoms with Crippen molar-refractivity contribution in [3.63, 3.8) is 0 Å². The van der Waals surface area contributed by atoms with Gasteiger partial charge in [0.05, 0.1) is 163 Å². The summed E-state index contributed by atoms with van der Waals surface area (Å²) in [7, 11) is 6.23. The van der Waals surface area contributed by atoms with Crippen LogP contribution in [0, 0.1) is 65.1 Å². The molecule has 7 aliphatic rings. The van der Waals surface area contributed by atoms with Crippen LogP contribution < -0.4 is 64.6 Å². The highest BCUT2D eigenvalue weighted by Gasteiger charge is 2.59. The molecule has 2 aromatic carbocycles. The summed E-state index contributed by atoms with van der Waals surface area (Å²) in [6, 6.07) is 8.27. The van der Waals surface area contributed by atoms with Crippen molar-refractivity contribution in [1.82, 2.24) is 47.9 Å². The molecule has 2 unspecified atom stereocenters. The number of hydrogen-bond acceptors (Lipinski definition) is 21. The van der Waals surface area contributed by atoms with Gasteiger partial charge in [0.25, 0.3) is 0 Å². The number of urea groups is 1. The van der Waals surface area contributed by atoms with Crippen LogP contribution in [0.25, 0.3) is 0 Å². The number of carbonyl (C=O) groups excluding carboxylic acids is 10. The van der Waals surface area contributed by atoms with Gasteiger partial charge in [-0.1, -0.05) is 97.1 Å². The third-order valence-corrected chi connectivity index (χ3v) is 28.6. The van der Waals surface area contributed by atoms with Crippen LogP contribution in [-0.2, 0) is 109 Å². The average molecular weight is 1860 g/mol. The van der Waals surface area contributed by atoms with Crippen molar-refractivity contribution in [2.45, 2.75) is 263 Å². The maximum atomic E-state index is 15.1. The molecule has 7 aliphatic carbocycles. The van der Waals surface area contributed by atoms with Crippen LogP contribution in [0.3, 0.4) is 0 Å². The van der Waals surface area contributed by atoms with Crippen LogP contribution in [0.4, 0.5) is 10.5 Å². The Hall–Kier alpha value is -8.36. The third kappa shape index (κ3) is 34.4. The molecule has 9 rings (SSSR count). The number of anilines is 1. The van der Waals surface area contributed by atoms with Crippen LogP contribution >= 0.6 is 0 Å². The lowest BCUT2D eigenvalue weighted by Gasteiger charge is -2.56. The summed E-state index contributed by atoms with van der Waals surface area (Å²) in [5.41, 5.74) is 17.8. The molecule has 3 saturated carbocycles. The van der Waals surface area contributed by atoms with Crippen molar-refractivity contribution in [1.29, 1.82) is 0 Å². The van der Waals surface area contributed by atoms with Crippen molar-refractivity contribution < 1.29 is 95.1 Å². The predicted octanol–water partition coefficient (Wildman–Crippen LogP) is 8.32. The number of nitrogens with zero attached hydrogens (tertiary/aromatic N) is 1. The normalized spacial score (nSPS) is 23.8. The highest BCUT2D eigenvalue weighted by atomic mass is 16.6. The largest absolute Gasteiger partial charge is 0.399 e. The Kier molecular flexibility index (Phi) is 44.9. The van der Waals surface area contributed by atoms with E-state index >= 15 is 4.79 Å². The molecule has 2 aromatic rings. The van der Waals surface area contributed by atoms with Crippen molar-refractivity contribution >= 4 is 64.9 Å². The third-order valence-electron chi connectivity index (χ3n) is 28.6. The molecule has 0 aliphatic heterocycles. The summed E-state index contributed by atoms with van der Waals surface area (Å²) in [4.78, 5) is 138. The van der Waals surface area contributed by atoms with Crippen molar-refractivity contribution in [2.75, 3.05) is 178 Å². The number of quaternary nitrogens is 1. The van der Waals surface area contributed by atoms with Crippen molar-refractivity contribution in [2.24, 2.45) is 57.8 Å². The summed E-state index contributed by atoms with van der Waals surface area (Å²) in [5.74, 6) is 4.89. The van der Waals surface area contributed by atoms with Gasteiger partial charge in [0.2, 0.25) is 53.2 Å². The summed E-state index contributed by atoms with van der Waals surface area (Å²) in [5, 5.41) is 29.7. The number of hydrogen-bond donors (Lipinski definition) is 12. The van der Waals surface area contributed by atoms with Gasteiger partial charge in [0.1, 0.15) is 24.7 Å². The minimum absolute atomic E-state index is 0.00814. The van der Waals surface area contributed by atoms with Gasteiger partial charge in [-0.05, 0) is 210 Å². The number of benzene rings is 2. The van der Waals surface area contributed by atoms with E-state index in [1.54, 1.807) is 13.8 Å². The fraction of sp³-hybridized carbons (Fsp3) is 0.743. The highest BCUT2D eigenvalue weighted by molar-refractivity contribution is 6.01. The van der Waals surface area contributed by atoms with Gasteiger partial charge in [-0.25, -0.2) is 4.79 Å². The number of ether oxygens (including phenoxy) is 9. The maximum absolute atomic E-state index is 15.1. The molecule has 14 N–H and O–H groups in total. The smallest absolute Gasteiger partial charge is 0.312 e. The number of carbonyl (C=O) groups is 10. The number of rotatable bonds is 59. The van der Waals surface area contributed by atoms with Crippen LogP contribution in [0.15, 0.2) is 47.8 Å². The van der Waals surface area contributed by atoms with E-state index in [0.29, 0.717) is 174 Å². The molecule has 0 bridgehead atoms. The number of nitrogens with one attached hydrogen (secondary N) is 10. The van der Waals surface area contributed by atoms with Gasteiger partial charge in [-0.15, -0.1) is 11.8 Å². The summed E-state index contributed by atoms with van der Waals surface area (Å²) in [6.45, 7) is 22.0. The first kappa shape index (κ1) is 108. The van der Waals surface area contributed by atoms with Gasteiger partial charge in [-0.2, -0.15) is 0 Å². The summed E-state index contributed by atoms with van der Waals surface area (Å²) in [6.07, 6.45) is 18.6. The summed E-state index contributed by atoms with van der Waals surface area (Å²) < 4.78 is 52.3. The predicted molar refractivity (Wildman–Crippen MR) is 509 cm³/mol. The van der Waals surface area contributed by atoms with E-state index < -0.39 is 76.1 Å². The monoisotopic (exact) mass is 1860 g/mol. The molecule has 3 fully saturated rings. The molecule has 13 atom stereocenters. The second-order valence-corrected chi connectivity index (χ2v) is 39.9. The van der Waals surface area contributed by atoms with E-state index in [1.165, 1.54) is 16.7 Å². The second-order valence-electron chi connectivity index (χ2n) is 39.9. The molecule has 0 saturated heterocycles. The number of unbranched alkanes of at least 4 members (excludes halogenated alkanes) is 1. The highest BCUT2D eigenvalue weighted by Crippen LogP contribution is 2.60.